The lowest BCUT2D eigenvalue weighted by Crippen LogP contribution is -2.38. The van der Waals surface area contributed by atoms with E-state index < -0.39 is 0 Å². The van der Waals surface area contributed by atoms with Crippen molar-refractivity contribution in [2.45, 2.75) is 25.8 Å². The van der Waals surface area contributed by atoms with Crippen molar-refractivity contribution in [3.05, 3.63) is 34.9 Å². The Morgan fingerprint density at radius 1 is 1.29 bits per heavy atom. The number of piperidine rings is 1. The van der Waals surface area contributed by atoms with Crippen molar-refractivity contribution in [2.75, 3.05) is 32.1 Å². The zero-order valence-electron chi connectivity index (χ0n) is 13.8. The third-order valence-electron chi connectivity index (χ3n) is 4.25. The molecule has 1 saturated heterocycles. The maximum absolute atomic E-state index is 12.5. The average Bonchev–Trinajstić information content (AvgIpc) is 2.62. The highest BCUT2D eigenvalue weighted by atomic mass is 16.5. The fraction of sp³-hybridized carbons (Fsp3) is 0.471. The molecule has 7 nitrogen and oxygen atoms in total. The number of hydrogen-bond acceptors (Lipinski definition) is 4. The number of nitrogens with one attached hydrogen (secondary N) is 1. The van der Waals surface area contributed by atoms with Gasteiger partial charge >= 0.3 is 6.03 Å². The van der Waals surface area contributed by atoms with Crippen molar-refractivity contribution < 1.29 is 9.53 Å². The highest BCUT2D eigenvalue weighted by Gasteiger charge is 2.16. The van der Waals surface area contributed by atoms with Crippen LogP contribution in [0, 0.1) is 0 Å². The molecular formula is C17H22N4O3. The quantitative estimate of drug-likeness (QED) is 0.931. The standard InChI is InChI=1S/C17H22N4O3/c1-24-10-9-21-12-18-15-6-5-13(11-14(15)16(21)22)19-17(23)20-7-3-2-4-8-20/h5-6,11-12H,2-4,7-10H2,1H3,(H,19,23). The van der Waals surface area contributed by atoms with Crippen molar-refractivity contribution >= 4 is 22.6 Å². The number of urea groups is 1. The number of likely N-dealkylation sites (tertiary alicyclic amines) is 1. The second-order valence-corrected chi connectivity index (χ2v) is 5.95. The van der Waals surface area contributed by atoms with Gasteiger partial charge in [0.1, 0.15) is 0 Å². The molecule has 128 valence electrons. The molecule has 1 N–H and O–H groups in total. The van der Waals surface area contributed by atoms with Crippen LogP contribution in [0.3, 0.4) is 0 Å². The number of ether oxygens (including phenoxy) is 1. The molecule has 2 aromatic rings. The summed E-state index contributed by atoms with van der Waals surface area (Å²) in [6, 6.07) is 5.10. The minimum atomic E-state index is -0.133. The molecule has 7 heteroatoms. The summed E-state index contributed by atoms with van der Waals surface area (Å²) >= 11 is 0. The Bertz CT molecular complexity index is 781. The number of fused-ring (bicyclic) bond motifs is 1. The van der Waals surface area contributed by atoms with Crippen LogP contribution in [0.15, 0.2) is 29.3 Å². The monoisotopic (exact) mass is 330 g/mol. The summed E-state index contributed by atoms with van der Waals surface area (Å²) < 4.78 is 6.52. The Hall–Kier alpha value is -2.41. The molecule has 0 unspecified atom stereocenters. The molecule has 0 aliphatic carbocycles. The van der Waals surface area contributed by atoms with Crippen molar-refractivity contribution in [1.82, 2.24) is 14.5 Å². The van der Waals surface area contributed by atoms with Gasteiger partial charge in [-0.05, 0) is 37.5 Å². The van der Waals surface area contributed by atoms with E-state index in [-0.39, 0.29) is 11.6 Å². The van der Waals surface area contributed by atoms with Gasteiger partial charge in [0.25, 0.3) is 5.56 Å². The number of aromatic nitrogens is 2. The minimum absolute atomic E-state index is 0.113. The lowest BCUT2D eigenvalue weighted by Gasteiger charge is -2.26. The van der Waals surface area contributed by atoms with E-state index in [1.54, 1.807) is 25.3 Å². The Morgan fingerprint density at radius 2 is 2.08 bits per heavy atom. The normalized spacial score (nSPS) is 14.8. The number of nitrogens with zero attached hydrogens (tertiary/aromatic N) is 3. The van der Waals surface area contributed by atoms with Crippen LogP contribution in [0.1, 0.15) is 19.3 Å². The Labute approximate surface area is 140 Å². The van der Waals surface area contributed by atoms with Gasteiger partial charge in [-0.15, -0.1) is 0 Å². The van der Waals surface area contributed by atoms with Gasteiger partial charge in [0.05, 0.1) is 30.4 Å². The van der Waals surface area contributed by atoms with Crippen LogP contribution in [0.4, 0.5) is 10.5 Å². The van der Waals surface area contributed by atoms with E-state index in [9.17, 15) is 9.59 Å². The molecule has 1 fully saturated rings. The van der Waals surface area contributed by atoms with Crippen LogP contribution in [-0.4, -0.2) is 47.3 Å². The van der Waals surface area contributed by atoms with Gasteiger partial charge in [-0.25, -0.2) is 9.78 Å². The SMILES string of the molecule is COCCn1cnc2ccc(NC(=O)N3CCCCC3)cc2c1=O. The first-order valence-electron chi connectivity index (χ1n) is 8.23. The summed E-state index contributed by atoms with van der Waals surface area (Å²) in [7, 11) is 1.59. The largest absolute Gasteiger partial charge is 0.383 e. The van der Waals surface area contributed by atoms with E-state index in [0.717, 1.165) is 25.9 Å². The number of rotatable bonds is 4. The van der Waals surface area contributed by atoms with Gasteiger partial charge in [0, 0.05) is 25.9 Å². The molecule has 0 atom stereocenters. The molecule has 0 spiro atoms. The zero-order valence-corrected chi connectivity index (χ0v) is 13.8. The number of carbonyl (C=O) groups is 1. The third-order valence-corrected chi connectivity index (χ3v) is 4.25. The van der Waals surface area contributed by atoms with Gasteiger partial charge in [-0.2, -0.15) is 0 Å². The zero-order chi connectivity index (χ0) is 16.9. The molecule has 0 saturated carbocycles. The molecule has 2 heterocycles. The predicted molar refractivity (Wildman–Crippen MR) is 92.3 cm³/mol. The fourth-order valence-electron chi connectivity index (χ4n) is 2.89. The summed E-state index contributed by atoms with van der Waals surface area (Å²) in [6.45, 7) is 2.46. The van der Waals surface area contributed by atoms with Crippen LogP contribution in [0.25, 0.3) is 10.9 Å². The predicted octanol–water partition coefficient (Wildman–Crippen LogP) is 2.06. The second kappa shape index (κ2) is 7.44. The molecule has 1 aliphatic heterocycles. The topological polar surface area (TPSA) is 76.5 Å². The van der Waals surface area contributed by atoms with Crippen molar-refractivity contribution in [3.63, 3.8) is 0 Å². The van der Waals surface area contributed by atoms with E-state index in [4.69, 9.17) is 4.74 Å². The molecule has 2 amide bonds. The Balaban J connectivity index is 1.82. The summed E-state index contributed by atoms with van der Waals surface area (Å²) in [4.78, 5) is 30.9. The fourth-order valence-corrected chi connectivity index (χ4v) is 2.89. The van der Waals surface area contributed by atoms with Gasteiger partial charge in [0.2, 0.25) is 0 Å². The van der Waals surface area contributed by atoms with Gasteiger partial charge in [-0.3, -0.25) is 9.36 Å². The Kier molecular flexibility index (Phi) is 5.10. The number of methoxy groups -OCH3 is 1. The maximum Gasteiger partial charge on any atom is 0.321 e. The smallest absolute Gasteiger partial charge is 0.321 e. The van der Waals surface area contributed by atoms with Crippen LogP contribution >= 0.6 is 0 Å². The van der Waals surface area contributed by atoms with E-state index in [1.165, 1.54) is 17.3 Å². The van der Waals surface area contributed by atoms with Gasteiger partial charge in [0.15, 0.2) is 0 Å². The lowest BCUT2D eigenvalue weighted by atomic mass is 10.1. The van der Waals surface area contributed by atoms with Crippen LogP contribution in [0.2, 0.25) is 0 Å². The minimum Gasteiger partial charge on any atom is -0.383 e. The summed E-state index contributed by atoms with van der Waals surface area (Å²) in [5, 5.41) is 3.37. The van der Waals surface area contributed by atoms with Crippen molar-refractivity contribution in [2.24, 2.45) is 0 Å². The summed E-state index contributed by atoms with van der Waals surface area (Å²) in [5.74, 6) is 0. The molecule has 1 aromatic carbocycles. The summed E-state index contributed by atoms with van der Waals surface area (Å²) in [6.07, 6.45) is 4.78. The average molecular weight is 330 g/mol. The number of benzene rings is 1. The highest BCUT2D eigenvalue weighted by Crippen LogP contribution is 2.16. The van der Waals surface area contributed by atoms with Gasteiger partial charge < -0.3 is 15.0 Å². The van der Waals surface area contributed by atoms with E-state index in [1.807, 2.05) is 4.90 Å². The van der Waals surface area contributed by atoms with E-state index in [2.05, 4.69) is 10.3 Å². The molecule has 0 radical (unpaired) electrons. The van der Waals surface area contributed by atoms with Crippen LogP contribution < -0.4 is 10.9 Å². The van der Waals surface area contributed by atoms with E-state index in [0.29, 0.717) is 29.7 Å². The van der Waals surface area contributed by atoms with Crippen molar-refractivity contribution in [3.8, 4) is 0 Å². The molecule has 3 rings (SSSR count). The Morgan fingerprint density at radius 3 is 2.83 bits per heavy atom. The second-order valence-electron chi connectivity index (χ2n) is 5.95. The van der Waals surface area contributed by atoms with Gasteiger partial charge in [-0.1, -0.05) is 0 Å². The molecule has 1 aliphatic rings. The third kappa shape index (κ3) is 3.56. The van der Waals surface area contributed by atoms with Crippen LogP contribution in [-0.2, 0) is 11.3 Å². The number of hydrogen-bond donors (Lipinski definition) is 1. The maximum atomic E-state index is 12.5. The number of anilines is 1. The highest BCUT2D eigenvalue weighted by molar-refractivity contribution is 5.92. The molecule has 24 heavy (non-hydrogen) atoms. The number of carbonyl (C=O) groups excluding carboxylic acids is 1. The summed E-state index contributed by atoms with van der Waals surface area (Å²) in [5.41, 5.74) is 1.09. The first kappa shape index (κ1) is 16.4. The van der Waals surface area contributed by atoms with Crippen molar-refractivity contribution in [1.29, 1.82) is 0 Å². The first-order chi connectivity index (χ1) is 11.7. The lowest BCUT2D eigenvalue weighted by molar-refractivity contribution is 0.186. The molecular weight excluding hydrogens is 308 g/mol. The molecule has 0 bridgehead atoms. The van der Waals surface area contributed by atoms with Crippen LogP contribution in [0.5, 0.6) is 0 Å². The number of amides is 2. The van der Waals surface area contributed by atoms with E-state index >= 15 is 0 Å². The first-order valence-corrected chi connectivity index (χ1v) is 8.23. The molecule has 1 aromatic heterocycles.